The van der Waals surface area contributed by atoms with Gasteiger partial charge in [0.15, 0.2) is 0 Å². The maximum absolute atomic E-state index is 12.1. The third-order valence-corrected chi connectivity index (χ3v) is 4.70. The van der Waals surface area contributed by atoms with E-state index in [4.69, 9.17) is 15.2 Å². The molecule has 1 aliphatic carbocycles. The van der Waals surface area contributed by atoms with Gasteiger partial charge in [-0.25, -0.2) is 0 Å². The number of ether oxygens (including phenoxy) is 2. The summed E-state index contributed by atoms with van der Waals surface area (Å²) in [5.74, 6) is -0.338. The van der Waals surface area contributed by atoms with Crippen LogP contribution >= 0.6 is 0 Å². The number of fused-ring (bicyclic) bond motifs is 2. The van der Waals surface area contributed by atoms with Crippen LogP contribution in [0.2, 0.25) is 0 Å². The first-order valence-corrected chi connectivity index (χ1v) is 8.03. The Hall–Kier alpha value is -0.980. The van der Waals surface area contributed by atoms with Crippen LogP contribution in [0.1, 0.15) is 44.9 Å². The minimum absolute atomic E-state index is 0.169. The molecule has 6 nitrogen and oxygen atoms in total. The molecule has 21 heavy (non-hydrogen) atoms. The van der Waals surface area contributed by atoms with Gasteiger partial charge in [0, 0.05) is 19.2 Å². The smallest absolute Gasteiger partial charge is 0.258 e. The van der Waals surface area contributed by atoms with Crippen LogP contribution in [0, 0.1) is 0 Å². The normalized spacial score (nSPS) is 36.3. The Labute approximate surface area is 124 Å². The van der Waals surface area contributed by atoms with E-state index in [1.54, 1.807) is 0 Å². The molecule has 3 aliphatic rings. The summed E-state index contributed by atoms with van der Waals surface area (Å²) in [5, 5.41) is 0. The molecule has 2 atom stereocenters. The third-order valence-electron chi connectivity index (χ3n) is 4.70. The fraction of sp³-hybridized carbons (Fsp3) is 0.867. The van der Waals surface area contributed by atoms with Crippen LogP contribution in [0.25, 0.3) is 0 Å². The summed E-state index contributed by atoms with van der Waals surface area (Å²) in [6.07, 6.45) is 5.61. The molecule has 6 heteroatoms. The number of nitrogens with two attached hydrogens (primary N) is 1. The van der Waals surface area contributed by atoms with Crippen LogP contribution in [-0.2, 0) is 19.1 Å². The quantitative estimate of drug-likeness (QED) is 0.593. The lowest BCUT2D eigenvalue weighted by Crippen LogP contribution is -2.52. The zero-order chi connectivity index (χ0) is 14.8. The molecule has 2 heterocycles. The second-order valence-electron chi connectivity index (χ2n) is 6.28. The molecule has 0 spiro atoms. The number of hydrogen-bond donors (Lipinski definition) is 1. The van der Waals surface area contributed by atoms with E-state index in [9.17, 15) is 9.59 Å². The molecule has 2 amide bonds. The van der Waals surface area contributed by atoms with Crippen molar-refractivity contribution in [2.45, 2.75) is 69.3 Å². The van der Waals surface area contributed by atoms with Crippen LogP contribution in [0.5, 0.6) is 0 Å². The summed E-state index contributed by atoms with van der Waals surface area (Å²) < 4.78 is 11.2. The summed E-state index contributed by atoms with van der Waals surface area (Å²) in [4.78, 5) is 25.5. The van der Waals surface area contributed by atoms with Gasteiger partial charge in [-0.05, 0) is 44.9 Å². The van der Waals surface area contributed by atoms with Crippen LogP contribution < -0.4 is 5.73 Å². The number of carbonyl (C=O) groups is 2. The Balaban J connectivity index is 1.39. The van der Waals surface area contributed by atoms with Crippen LogP contribution in [-0.4, -0.2) is 54.2 Å². The summed E-state index contributed by atoms with van der Waals surface area (Å²) >= 11 is 0. The number of likely N-dealkylation sites (tertiary alicyclic amines) is 1. The van der Waals surface area contributed by atoms with E-state index in [1.807, 2.05) is 0 Å². The van der Waals surface area contributed by atoms with Crippen molar-refractivity contribution in [1.29, 1.82) is 0 Å². The molecule has 0 aromatic carbocycles. The zero-order valence-electron chi connectivity index (χ0n) is 12.3. The molecule has 3 fully saturated rings. The van der Waals surface area contributed by atoms with Crippen LogP contribution in [0.4, 0.5) is 0 Å². The molecule has 118 valence electrons. The molecular weight excluding hydrogens is 272 g/mol. The fourth-order valence-electron chi connectivity index (χ4n) is 3.41. The van der Waals surface area contributed by atoms with Gasteiger partial charge in [0.05, 0.1) is 6.10 Å². The SMILES string of the molecule is NC1CCC(OCCCN2C(=O)C3CCC(O3)C2=O)CC1. The van der Waals surface area contributed by atoms with Crippen molar-refractivity contribution < 1.29 is 19.1 Å². The molecule has 2 aliphatic heterocycles. The van der Waals surface area contributed by atoms with E-state index in [0.29, 0.717) is 38.5 Å². The summed E-state index contributed by atoms with van der Waals surface area (Å²) in [5.41, 5.74) is 5.86. The van der Waals surface area contributed by atoms with Gasteiger partial charge < -0.3 is 15.2 Å². The van der Waals surface area contributed by atoms with Crippen molar-refractivity contribution in [3.05, 3.63) is 0 Å². The monoisotopic (exact) mass is 296 g/mol. The highest BCUT2D eigenvalue weighted by Crippen LogP contribution is 2.28. The predicted molar refractivity (Wildman–Crippen MR) is 75.4 cm³/mol. The minimum Gasteiger partial charge on any atom is -0.378 e. The van der Waals surface area contributed by atoms with Gasteiger partial charge >= 0.3 is 0 Å². The minimum atomic E-state index is -0.395. The van der Waals surface area contributed by atoms with E-state index in [-0.39, 0.29) is 17.9 Å². The Bertz CT molecular complexity index is 384. The highest BCUT2D eigenvalue weighted by atomic mass is 16.5. The Morgan fingerprint density at radius 2 is 1.67 bits per heavy atom. The summed E-state index contributed by atoms with van der Waals surface area (Å²) in [6, 6.07) is 0.323. The molecule has 2 N–H and O–H groups in total. The van der Waals surface area contributed by atoms with Gasteiger partial charge in [0.25, 0.3) is 11.8 Å². The second kappa shape index (κ2) is 6.42. The molecule has 0 aromatic heterocycles. The largest absolute Gasteiger partial charge is 0.378 e. The van der Waals surface area contributed by atoms with Gasteiger partial charge in [0.1, 0.15) is 12.2 Å². The standard InChI is InChI=1S/C15H24N2O4/c16-10-2-4-11(5-3-10)20-9-1-8-17-14(18)12-6-7-13(21-12)15(17)19/h10-13H,1-9,16H2. The second-order valence-corrected chi connectivity index (χ2v) is 6.28. The lowest BCUT2D eigenvalue weighted by atomic mass is 9.94. The maximum atomic E-state index is 12.1. The highest BCUT2D eigenvalue weighted by molar-refractivity contribution is 6.02. The third kappa shape index (κ3) is 3.27. The fourth-order valence-corrected chi connectivity index (χ4v) is 3.41. The molecular formula is C15H24N2O4. The van der Waals surface area contributed by atoms with E-state index in [0.717, 1.165) is 25.7 Å². The molecule has 2 unspecified atom stereocenters. The topological polar surface area (TPSA) is 81.9 Å². The first-order chi connectivity index (χ1) is 10.1. The van der Waals surface area contributed by atoms with Crippen molar-refractivity contribution in [2.24, 2.45) is 5.73 Å². The predicted octanol–water partition coefficient (Wildman–Crippen LogP) is 0.579. The molecule has 2 saturated heterocycles. The average Bonchev–Trinajstić information content (AvgIpc) is 2.93. The van der Waals surface area contributed by atoms with Gasteiger partial charge in [-0.15, -0.1) is 0 Å². The summed E-state index contributed by atoms with van der Waals surface area (Å²) in [7, 11) is 0. The Morgan fingerprint density at radius 3 is 2.29 bits per heavy atom. The summed E-state index contributed by atoms with van der Waals surface area (Å²) in [6.45, 7) is 1.04. The number of morpholine rings is 1. The number of imide groups is 1. The average molecular weight is 296 g/mol. The molecule has 1 saturated carbocycles. The van der Waals surface area contributed by atoms with E-state index in [1.165, 1.54) is 4.90 Å². The van der Waals surface area contributed by atoms with Gasteiger partial charge in [-0.3, -0.25) is 14.5 Å². The van der Waals surface area contributed by atoms with Crippen molar-refractivity contribution >= 4 is 11.8 Å². The lowest BCUT2D eigenvalue weighted by molar-refractivity contribution is -0.168. The number of amides is 2. The molecule has 3 rings (SSSR count). The van der Waals surface area contributed by atoms with Crippen molar-refractivity contribution in [3.8, 4) is 0 Å². The van der Waals surface area contributed by atoms with E-state index < -0.39 is 12.2 Å². The maximum Gasteiger partial charge on any atom is 0.258 e. The van der Waals surface area contributed by atoms with Crippen LogP contribution in [0.15, 0.2) is 0 Å². The van der Waals surface area contributed by atoms with Gasteiger partial charge in [0.2, 0.25) is 0 Å². The molecule has 2 bridgehead atoms. The Kier molecular flexibility index (Phi) is 4.57. The molecule has 0 radical (unpaired) electrons. The number of carbonyl (C=O) groups excluding carboxylic acids is 2. The number of hydrogen-bond acceptors (Lipinski definition) is 5. The van der Waals surface area contributed by atoms with Gasteiger partial charge in [-0.2, -0.15) is 0 Å². The van der Waals surface area contributed by atoms with Crippen molar-refractivity contribution in [2.75, 3.05) is 13.2 Å². The number of nitrogens with zero attached hydrogens (tertiary/aromatic N) is 1. The number of rotatable bonds is 5. The first kappa shape index (κ1) is 14.9. The zero-order valence-corrected chi connectivity index (χ0v) is 12.3. The Morgan fingerprint density at radius 1 is 1.05 bits per heavy atom. The van der Waals surface area contributed by atoms with E-state index in [2.05, 4.69) is 0 Å². The van der Waals surface area contributed by atoms with Crippen molar-refractivity contribution in [1.82, 2.24) is 4.90 Å². The van der Waals surface area contributed by atoms with E-state index >= 15 is 0 Å². The van der Waals surface area contributed by atoms with Crippen molar-refractivity contribution in [3.63, 3.8) is 0 Å². The molecule has 0 aromatic rings. The van der Waals surface area contributed by atoms with Crippen LogP contribution in [0.3, 0.4) is 0 Å². The highest BCUT2D eigenvalue weighted by Gasteiger charge is 2.46. The van der Waals surface area contributed by atoms with Gasteiger partial charge in [-0.1, -0.05) is 0 Å². The first-order valence-electron chi connectivity index (χ1n) is 8.03. The lowest BCUT2D eigenvalue weighted by Gasteiger charge is -2.30.